The third-order valence-electron chi connectivity index (χ3n) is 5.39. The molecule has 3 rings (SSSR count). The summed E-state index contributed by atoms with van der Waals surface area (Å²) in [5.41, 5.74) is 6.23. The molecule has 1 aliphatic heterocycles. The van der Waals surface area contributed by atoms with Gasteiger partial charge in [-0.2, -0.15) is 4.31 Å². The van der Waals surface area contributed by atoms with Gasteiger partial charge in [-0.3, -0.25) is 0 Å². The summed E-state index contributed by atoms with van der Waals surface area (Å²) in [5.74, 6) is 1.46. The van der Waals surface area contributed by atoms with Crippen LogP contribution in [0, 0.1) is 11.8 Å². The maximum atomic E-state index is 13.3. The zero-order valence-electron chi connectivity index (χ0n) is 15.3. The minimum absolute atomic E-state index is 0. The van der Waals surface area contributed by atoms with Crippen molar-refractivity contribution in [3.8, 4) is 17.2 Å². The van der Waals surface area contributed by atoms with Crippen LogP contribution in [0.3, 0.4) is 0 Å². The Hall–Kier alpha value is -1.22. The summed E-state index contributed by atoms with van der Waals surface area (Å²) in [6.07, 6.45) is 3.05. The van der Waals surface area contributed by atoms with E-state index in [1.165, 1.54) is 25.6 Å². The number of hydrogen-bond donors (Lipinski definition) is 1. The third kappa shape index (κ3) is 3.60. The van der Waals surface area contributed by atoms with Crippen molar-refractivity contribution < 1.29 is 22.6 Å². The van der Waals surface area contributed by atoms with Crippen molar-refractivity contribution in [3.63, 3.8) is 0 Å². The van der Waals surface area contributed by atoms with Crippen LogP contribution in [0.2, 0.25) is 0 Å². The largest absolute Gasteiger partial charge is 0.496 e. The molecule has 148 valence electrons. The van der Waals surface area contributed by atoms with E-state index in [2.05, 4.69) is 0 Å². The molecular formula is C17H27ClN2O5S. The molecule has 1 aromatic carbocycles. The van der Waals surface area contributed by atoms with Crippen LogP contribution >= 0.6 is 12.4 Å². The molecule has 1 aromatic rings. The van der Waals surface area contributed by atoms with E-state index in [0.29, 0.717) is 24.8 Å². The van der Waals surface area contributed by atoms with E-state index >= 15 is 0 Å². The van der Waals surface area contributed by atoms with Gasteiger partial charge in [-0.05, 0) is 24.7 Å². The van der Waals surface area contributed by atoms with Gasteiger partial charge in [0.1, 0.15) is 17.2 Å². The maximum Gasteiger partial charge on any atom is 0.250 e. The molecule has 2 aliphatic rings. The number of sulfonamides is 1. The van der Waals surface area contributed by atoms with Gasteiger partial charge in [-0.1, -0.05) is 6.42 Å². The van der Waals surface area contributed by atoms with Crippen molar-refractivity contribution in [2.75, 3.05) is 34.4 Å². The van der Waals surface area contributed by atoms with Gasteiger partial charge >= 0.3 is 0 Å². The fourth-order valence-electron chi connectivity index (χ4n) is 4.03. The van der Waals surface area contributed by atoms with Crippen molar-refractivity contribution in [2.24, 2.45) is 17.6 Å². The number of halogens is 1. The summed E-state index contributed by atoms with van der Waals surface area (Å²) < 4.78 is 44.0. The van der Waals surface area contributed by atoms with Crippen LogP contribution in [0.5, 0.6) is 17.2 Å². The van der Waals surface area contributed by atoms with Gasteiger partial charge in [0.05, 0.1) is 21.3 Å². The molecule has 0 aromatic heterocycles. The SMILES string of the molecule is COc1cc(OC)c(S(=O)(=O)N2CC3CCCC(N)C3C2)c(OC)c1.Cl. The van der Waals surface area contributed by atoms with E-state index in [1.807, 2.05) is 0 Å². The van der Waals surface area contributed by atoms with Crippen LogP contribution in [0.1, 0.15) is 19.3 Å². The summed E-state index contributed by atoms with van der Waals surface area (Å²) in [7, 11) is 0.625. The highest BCUT2D eigenvalue weighted by molar-refractivity contribution is 7.89. The number of ether oxygens (including phenoxy) is 3. The quantitative estimate of drug-likeness (QED) is 0.802. The maximum absolute atomic E-state index is 13.3. The molecule has 26 heavy (non-hydrogen) atoms. The number of hydrogen-bond acceptors (Lipinski definition) is 6. The highest BCUT2D eigenvalue weighted by Crippen LogP contribution is 2.43. The second kappa shape index (κ2) is 8.21. The second-order valence-corrected chi connectivity index (χ2v) is 8.58. The highest BCUT2D eigenvalue weighted by atomic mass is 35.5. The lowest BCUT2D eigenvalue weighted by atomic mass is 9.78. The third-order valence-corrected chi connectivity index (χ3v) is 7.28. The van der Waals surface area contributed by atoms with Crippen LogP contribution in [0.4, 0.5) is 0 Å². The molecule has 3 atom stereocenters. The Bertz CT molecular complexity index is 718. The molecule has 7 nitrogen and oxygen atoms in total. The normalized spacial score (nSPS) is 25.9. The summed E-state index contributed by atoms with van der Waals surface area (Å²) in [6, 6.07) is 3.19. The van der Waals surface area contributed by atoms with Crippen molar-refractivity contribution in [2.45, 2.75) is 30.2 Å². The Balaban J connectivity index is 0.00000243. The van der Waals surface area contributed by atoms with Gasteiger partial charge in [0.2, 0.25) is 0 Å². The molecular weight excluding hydrogens is 380 g/mol. The summed E-state index contributed by atoms with van der Waals surface area (Å²) in [4.78, 5) is 0.0468. The van der Waals surface area contributed by atoms with E-state index in [9.17, 15) is 8.42 Å². The molecule has 0 radical (unpaired) electrons. The van der Waals surface area contributed by atoms with Crippen molar-refractivity contribution in [1.29, 1.82) is 0 Å². The molecule has 0 bridgehead atoms. The molecule has 1 saturated heterocycles. The molecule has 0 amide bonds. The van der Waals surface area contributed by atoms with E-state index in [1.54, 1.807) is 12.1 Å². The minimum Gasteiger partial charge on any atom is -0.496 e. The lowest BCUT2D eigenvalue weighted by Crippen LogP contribution is -2.38. The fourth-order valence-corrected chi connectivity index (χ4v) is 5.84. The average Bonchev–Trinajstić information content (AvgIpc) is 3.07. The topological polar surface area (TPSA) is 91.1 Å². The first-order valence-corrected chi connectivity index (χ1v) is 9.92. The van der Waals surface area contributed by atoms with E-state index in [-0.39, 0.29) is 40.8 Å². The van der Waals surface area contributed by atoms with E-state index in [0.717, 1.165) is 19.3 Å². The standard InChI is InChI=1S/C17H26N2O5S.ClH/c1-22-12-7-15(23-2)17(16(8-12)24-3)25(20,21)19-9-11-5-4-6-14(18)13(11)10-19;/h7-8,11,13-14H,4-6,9-10,18H2,1-3H3;1H. The monoisotopic (exact) mass is 406 g/mol. The van der Waals surface area contributed by atoms with Gasteiger partial charge in [0, 0.05) is 31.3 Å². The molecule has 2 fully saturated rings. The van der Waals surface area contributed by atoms with Crippen LogP contribution in [-0.2, 0) is 10.0 Å². The van der Waals surface area contributed by atoms with Gasteiger partial charge in [-0.25, -0.2) is 8.42 Å². The second-order valence-electron chi connectivity index (χ2n) is 6.70. The summed E-state index contributed by atoms with van der Waals surface area (Å²) >= 11 is 0. The molecule has 1 saturated carbocycles. The Labute approximate surface area is 161 Å². The van der Waals surface area contributed by atoms with Gasteiger partial charge in [0.25, 0.3) is 10.0 Å². The molecule has 9 heteroatoms. The van der Waals surface area contributed by atoms with Crippen LogP contribution in [0.15, 0.2) is 17.0 Å². The Morgan fingerprint density at radius 2 is 1.65 bits per heavy atom. The number of benzene rings is 1. The first kappa shape index (κ1) is 21.1. The van der Waals surface area contributed by atoms with Crippen LogP contribution in [-0.4, -0.2) is 53.2 Å². The lowest BCUT2D eigenvalue weighted by Gasteiger charge is -2.29. The number of fused-ring (bicyclic) bond motifs is 1. The fraction of sp³-hybridized carbons (Fsp3) is 0.647. The number of nitrogens with two attached hydrogens (primary N) is 1. The Morgan fingerprint density at radius 1 is 1.04 bits per heavy atom. The zero-order chi connectivity index (χ0) is 18.2. The van der Waals surface area contributed by atoms with Crippen molar-refractivity contribution in [3.05, 3.63) is 12.1 Å². The zero-order valence-corrected chi connectivity index (χ0v) is 16.9. The number of rotatable bonds is 5. The molecule has 2 N–H and O–H groups in total. The lowest BCUT2D eigenvalue weighted by molar-refractivity contribution is 0.260. The van der Waals surface area contributed by atoms with Crippen LogP contribution in [0.25, 0.3) is 0 Å². The smallest absolute Gasteiger partial charge is 0.250 e. The number of nitrogens with zero attached hydrogens (tertiary/aromatic N) is 1. The summed E-state index contributed by atoms with van der Waals surface area (Å²) in [5, 5.41) is 0. The van der Waals surface area contributed by atoms with E-state index in [4.69, 9.17) is 19.9 Å². The molecule has 1 aliphatic carbocycles. The summed E-state index contributed by atoms with van der Waals surface area (Å²) in [6.45, 7) is 0.950. The molecule has 3 unspecified atom stereocenters. The van der Waals surface area contributed by atoms with Gasteiger partial charge in [0.15, 0.2) is 4.90 Å². The first-order valence-electron chi connectivity index (χ1n) is 8.48. The van der Waals surface area contributed by atoms with Gasteiger partial charge < -0.3 is 19.9 Å². The first-order chi connectivity index (χ1) is 11.9. The van der Waals surface area contributed by atoms with Gasteiger partial charge in [-0.15, -0.1) is 12.4 Å². The number of methoxy groups -OCH3 is 3. The molecule has 0 spiro atoms. The van der Waals surface area contributed by atoms with E-state index < -0.39 is 10.0 Å². The predicted molar refractivity (Wildman–Crippen MR) is 101 cm³/mol. The molecule has 1 heterocycles. The minimum atomic E-state index is -3.76. The Morgan fingerprint density at radius 3 is 2.15 bits per heavy atom. The highest BCUT2D eigenvalue weighted by Gasteiger charge is 2.44. The predicted octanol–water partition coefficient (Wildman–Crippen LogP) is 1.88. The van der Waals surface area contributed by atoms with Crippen molar-refractivity contribution >= 4 is 22.4 Å². The van der Waals surface area contributed by atoms with Crippen LogP contribution < -0.4 is 19.9 Å². The Kier molecular flexibility index (Phi) is 6.65. The average molecular weight is 407 g/mol. The van der Waals surface area contributed by atoms with Crippen molar-refractivity contribution in [1.82, 2.24) is 4.31 Å².